The number of rotatable bonds is 6. The molecule has 1 N–H and O–H groups in total. The predicted octanol–water partition coefficient (Wildman–Crippen LogP) is 2.13. The first-order chi connectivity index (χ1) is 8.24. The molecule has 1 aromatic rings. The lowest BCUT2D eigenvalue weighted by molar-refractivity contribution is 0.106. The number of ether oxygens (including phenoxy) is 2. The zero-order chi connectivity index (χ0) is 12.7. The van der Waals surface area contributed by atoms with E-state index in [1.807, 2.05) is 13.8 Å². The lowest BCUT2D eigenvalue weighted by atomic mass is 10.1. The Morgan fingerprint density at radius 2 is 2.06 bits per heavy atom. The van der Waals surface area contributed by atoms with E-state index in [1.165, 1.54) is 0 Å². The van der Waals surface area contributed by atoms with Gasteiger partial charge in [-0.25, -0.2) is 0 Å². The van der Waals surface area contributed by atoms with Gasteiger partial charge in [0.05, 0.1) is 18.8 Å². The fourth-order valence-electron chi connectivity index (χ4n) is 1.39. The number of oxime groups is 1. The zero-order valence-electron chi connectivity index (χ0n) is 9.84. The quantitative estimate of drug-likeness (QED) is 0.356. The van der Waals surface area contributed by atoms with E-state index >= 15 is 0 Å². The molecule has 0 unspecified atom stereocenters. The summed E-state index contributed by atoms with van der Waals surface area (Å²) >= 11 is 0. The smallest absolute Gasteiger partial charge is 0.211 e. The van der Waals surface area contributed by atoms with Crippen LogP contribution in [0, 0.1) is 0 Å². The van der Waals surface area contributed by atoms with Crippen LogP contribution in [0.2, 0.25) is 0 Å². The number of hydrogen-bond acceptors (Lipinski definition) is 5. The third kappa shape index (κ3) is 3.21. The monoisotopic (exact) mass is 237 g/mol. The van der Waals surface area contributed by atoms with Crippen LogP contribution in [0.25, 0.3) is 0 Å². The molecule has 0 spiro atoms. The highest BCUT2D eigenvalue weighted by Crippen LogP contribution is 2.31. The van der Waals surface area contributed by atoms with Crippen molar-refractivity contribution < 1.29 is 19.5 Å². The molecule has 0 heterocycles. The molecule has 5 nitrogen and oxygen atoms in total. The van der Waals surface area contributed by atoms with Gasteiger partial charge in [0.15, 0.2) is 11.5 Å². The Hall–Kier alpha value is -2.04. The van der Waals surface area contributed by atoms with Crippen molar-refractivity contribution >= 4 is 12.0 Å². The standard InChI is InChI=1S/C12H15NO4/c1-3-16-11-7-5-6-9(10(14)8-13-15)12(11)17-4-2/h5-8,15H,3-4H2,1-2H3. The molecule has 5 heteroatoms. The molecule has 0 saturated heterocycles. The van der Waals surface area contributed by atoms with Crippen LogP contribution in [-0.2, 0) is 0 Å². The van der Waals surface area contributed by atoms with Gasteiger partial charge in [0.25, 0.3) is 0 Å². The first-order valence-electron chi connectivity index (χ1n) is 5.34. The first-order valence-corrected chi connectivity index (χ1v) is 5.34. The van der Waals surface area contributed by atoms with Crippen molar-refractivity contribution in [3.63, 3.8) is 0 Å². The van der Waals surface area contributed by atoms with E-state index in [-0.39, 0.29) is 0 Å². The van der Waals surface area contributed by atoms with Gasteiger partial charge in [-0.1, -0.05) is 11.2 Å². The van der Waals surface area contributed by atoms with Crippen molar-refractivity contribution in [1.82, 2.24) is 0 Å². The van der Waals surface area contributed by atoms with E-state index in [4.69, 9.17) is 14.7 Å². The Morgan fingerprint density at radius 1 is 1.35 bits per heavy atom. The van der Waals surface area contributed by atoms with Gasteiger partial charge in [-0.2, -0.15) is 0 Å². The highest BCUT2D eigenvalue weighted by Gasteiger charge is 2.15. The summed E-state index contributed by atoms with van der Waals surface area (Å²) in [5.41, 5.74) is 0.315. The van der Waals surface area contributed by atoms with Crippen LogP contribution in [0.3, 0.4) is 0 Å². The maximum atomic E-state index is 11.7. The van der Waals surface area contributed by atoms with Crippen molar-refractivity contribution in [2.45, 2.75) is 13.8 Å². The number of nitrogens with zero attached hydrogens (tertiary/aromatic N) is 1. The summed E-state index contributed by atoms with van der Waals surface area (Å²) in [7, 11) is 0. The van der Waals surface area contributed by atoms with Crippen molar-refractivity contribution in [1.29, 1.82) is 0 Å². The molecular formula is C12H15NO4. The molecule has 0 fully saturated rings. The van der Waals surface area contributed by atoms with Gasteiger partial charge in [0.1, 0.15) is 6.21 Å². The summed E-state index contributed by atoms with van der Waals surface area (Å²) in [4.78, 5) is 11.7. The van der Waals surface area contributed by atoms with Crippen LogP contribution >= 0.6 is 0 Å². The summed E-state index contributed by atoms with van der Waals surface area (Å²) in [6.45, 7) is 4.56. The fraction of sp³-hybridized carbons (Fsp3) is 0.333. The molecule has 17 heavy (non-hydrogen) atoms. The molecule has 1 rings (SSSR count). The lowest BCUT2D eigenvalue weighted by Gasteiger charge is -2.13. The number of Topliss-reactive ketones (excluding diaryl/α,β-unsaturated/α-hetero) is 1. The van der Waals surface area contributed by atoms with Crippen LogP contribution in [0.4, 0.5) is 0 Å². The highest BCUT2D eigenvalue weighted by molar-refractivity contribution is 6.36. The van der Waals surface area contributed by atoms with E-state index < -0.39 is 5.78 Å². The Balaban J connectivity index is 3.18. The molecule has 0 bridgehead atoms. The second-order valence-corrected chi connectivity index (χ2v) is 3.11. The average molecular weight is 237 g/mol. The van der Waals surface area contributed by atoms with Crippen LogP contribution in [0.1, 0.15) is 24.2 Å². The number of benzene rings is 1. The van der Waals surface area contributed by atoms with E-state index in [2.05, 4.69) is 5.16 Å². The molecule has 0 aromatic heterocycles. The molecule has 0 aliphatic heterocycles. The lowest BCUT2D eigenvalue weighted by Crippen LogP contribution is -2.07. The van der Waals surface area contributed by atoms with Crippen LogP contribution in [0.15, 0.2) is 23.4 Å². The highest BCUT2D eigenvalue weighted by atomic mass is 16.5. The van der Waals surface area contributed by atoms with Gasteiger partial charge >= 0.3 is 0 Å². The van der Waals surface area contributed by atoms with Gasteiger partial charge in [-0.3, -0.25) is 4.79 Å². The molecule has 0 saturated carbocycles. The average Bonchev–Trinajstić information content (AvgIpc) is 2.32. The Kier molecular flexibility index (Phi) is 5.00. The summed E-state index contributed by atoms with van der Waals surface area (Å²) in [5.74, 6) is 0.450. The van der Waals surface area contributed by atoms with Crippen LogP contribution in [0.5, 0.6) is 11.5 Å². The summed E-state index contributed by atoms with van der Waals surface area (Å²) in [6, 6.07) is 5.00. The van der Waals surface area contributed by atoms with Crippen molar-refractivity contribution in [3.05, 3.63) is 23.8 Å². The summed E-state index contributed by atoms with van der Waals surface area (Å²) in [5, 5.41) is 11.1. The van der Waals surface area contributed by atoms with E-state index in [0.29, 0.717) is 30.3 Å². The second-order valence-electron chi connectivity index (χ2n) is 3.11. The molecule has 1 aromatic carbocycles. The maximum absolute atomic E-state index is 11.7. The number of carbonyl (C=O) groups excluding carboxylic acids is 1. The summed E-state index contributed by atoms with van der Waals surface area (Å²) in [6.07, 6.45) is 0.827. The Labute approximate surface area is 99.7 Å². The topological polar surface area (TPSA) is 68.1 Å². The SMILES string of the molecule is CCOc1cccc(C(=O)C=NO)c1OCC. The predicted molar refractivity (Wildman–Crippen MR) is 63.4 cm³/mol. The number of hydrogen-bond donors (Lipinski definition) is 1. The van der Waals surface area contributed by atoms with Gasteiger partial charge in [-0.05, 0) is 26.0 Å². The molecular weight excluding hydrogens is 222 g/mol. The minimum absolute atomic E-state index is 0.315. The molecule has 92 valence electrons. The Bertz CT molecular complexity index is 415. The van der Waals surface area contributed by atoms with E-state index in [0.717, 1.165) is 6.21 Å². The number of para-hydroxylation sites is 1. The molecule has 0 atom stereocenters. The normalized spacial score (nSPS) is 10.5. The van der Waals surface area contributed by atoms with Crippen LogP contribution < -0.4 is 9.47 Å². The minimum Gasteiger partial charge on any atom is -0.490 e. The summed E-state index contributed by atoms with van der Waals surface area (Å²) < 4.78 is 10.8. The van der Waals surface area contributed by atoms with Gasteiger partial charge in [0.2, 0.25) is 5.78 Å². The Morgan fingerprint density at radius 3 is 2.65 bits per heavy atom. The fourth-order valence-corrected chi connectivity index (χ4v) is 1.39. The number of carbonyl (C=O) groups is 1. The second kappa shape index (κ2) is 6.52. The third-order valence-corrected chi connectivity index (χ3v) is 2.01. The van der Waals surface area contributed by atoms with Gasteiger partial charge in [-0.15, -0.1) is 0 Å². The first kappa shape index (κ1) is 13.0. The van der Waals surface area contributed by atoms with Crippen molar-refractivity contribution in [2.24, 2.45) is 5.16 Å². The van der Waals surface area contributed by atoms with E-state index in [9.17, 15) is 4.79 Å². The largest absolute Gasteiger partial charge is 0.490 e. The van der Waals surface area contributed by atoms with Crippen molar-refractivity contribution in [3.8, 4) is 11.5 Å². The van der Waals surface area contributed by atoms with E-state index in [1.54, 1.807) is 18.2 Å². The van der Waals surface area contributed by atoms with Gasteiger partial charge in [0, 0.05) is 0 Å². The molecule has 0 radical (unpaired) electrons. The minimum atomic E-state index is -0.433. The van der Waals surface area contributed by atoms with Crippen molar-refractivity contribution in [2.75, 3.05) is 13.2 Å². The number of ketones is 1. The molecule has 0 amide bonds. The molecule has 0 aliphatic carbocycles. The molecule has 0 aliphatic rings. The maximum Gasteiger partial charge on any atom is 0.211 e. The van der Waals surface area contributed by atoms with Crippen LogP contribution in [-0.4, -0.2) is 30.4 Å². The van der Waals surface area contributed by atoms with Gasteiger partial charge < -0.3 is 14.7 Å². The third-order valence-electron chi connectivity index (χ3n) is 2.01. The zero-order valence-corrected chi connectivity index (χ0v) is 9.84.